The zero-order valence-electron chi connectivity index (χ0n) is 19.7. The van der Waals surface area contributed by atoms with Crippen molar-refractivity contribution < 1.29 is 49.5 Å². The van der Waals surface area contributed by atoms with Gasteiger partial charge in [-0.05, 0) is 48.4 Å². The number of benzene rings is 2. The molecule has 1 aliphatic carbocycles. The number of hydrogen-bond acceptors (Lipinski definition) is 4. The summed E-state index contributed by atoms with van der Waals surface area (Å²) >= 11 is 5.70. The maximum atomic E-state index is 14.2. The van der Waals surface area contributed by atoms with Crippen LogP contribution in [0.15, 0.2) is 41.6 Å². The summed E-state index contributed by atoms with van der Waals surface area (Å²) in [7, 11) is 0. The summed E-state index contributed by atoms with van der Waals surface area (Å²) in [6, 6.07) is 4.04. The molecule has 6 nitrogen and oxygen atoms in total. The van der Waals surface area contributed by atoms with Gasteiger partial charge in [0.15, 0.2) is 0 Å². The van der Waals surface area contributed by atoms with E-state index in [1.54, 1.807) is 0 Å². The molecule has 1 fully saturated rings. The molecule has 4 rings (SSSR count). The van der Waals surface area contributed by atoms with Crippen LogP contribution in [0.2, 0.25) is 5.02 Å². The lowest BCUT2D eigenvalue weighted by Crippen LogP contribution is -2.43. The second-order valence-corrected chi connectivity index (χ2v) is 9.59. The molecular formula is C24H18ClF8N3O3. The highest BCUT2D eigenvalue weighted by Gasteiger charge is 2.62. The van der Waals surface area contributed by atoms with Gasteiger partial charge in [-0.3, -0.25) is 9.59 Å². The van der Waals surface area contributed by atoms with Crippen molar-refractivity contribution in [2.24, 2.45) is 5.16 Å². The van der Waals surface area contributed by atoms with E-state index < -0.39 is 77.3 Å². The lowest BCUT2D eigenvalue weighted by Gasteiger charge is -2.30. The topological polar surface area (TPSA) is 79.8 Å². The van der Waals surface area contributed by atoms with Gasteiger partial charge in [-0.2, -0.15) is 26.3 Å². The number of nitrogens with zero attached hydrogens (tertiary/aromatic N) is 1. The minimum absolute atomic E-state index is 0.0366. The molecule has 0 bridgehead atoms. The lowest BCUT2D eigenvalue weighted by atomic mass is 9.85. The molecule has 2 aromatic rings. The maximum Gasteiger partial charge on any atom is 0.435 e. The summed E-state index contributed by atoms with van der Waals surface area (Å²) in [5, 5.41) is 7.25. The summed E-state index contributed by atoms with van der Waals surface area (Å²) in [5.41, 5.74) is -5.38. The molecule has 2 N–H and O–H groups in total. The molecule has 1 saturated carbocycles. The van der Waals surface area contributed by atoms with Gasteiger partial charge >= 0.3 is 12.4 Å². The molecule has 0 radical (unpaired) electrons. The third-order valence-corrected chi connectivity index (χ3v) is 6.47. The van der Waals surface area contributed by atoms with E-state index in [1.807, 2.05) is 0 Å². The number of nitrogens with one attached hydrogen (secondary N) is 2. The van der Waals surface area contributed by atoms with Crippen LogP contribution in [0.4, 0.5) is 35.1 Å². The van der Waals surface area contributed by atoms with Gasteiger partial charge in [-0.25, -0.2) is 8.78 Å². The summed E-state index contributed by atoms with van der Waals surface area (Å²) in [6.07, 6.45) is -11.6. The van der Waals surface area contributed by atoms with Crippen LogP contribution in [0.1, 0.15) is 45.5 Å². The van der Waals surface area contributed by atoms with Crippen molar-refractivity contribution >= 4 is 29.1 Å². The average molecular weight is 584 g/mol. The van der Waals surface area contributed by atoms with Crippen LogP contribution in [-0.2, 0) is 21.4 Å². The zero-order valence-corrected chi connectivity index (χ0v) is 20.5. The third kappa shape index (κ3) is 5.80. The van der Waals surface area contributed by atoms with Gasteiger partial charge < -0.3 is 15.5 Å². The molecule has 39 heavy (non-hydrogen) atoms. The van der Waals surface area contributed by atoms with E-state index in [4.69, 9.17) is 16.4 Å². The van der Waals surface area contributed by atoms with Crippen molar-refractivity contribution in [2.75, 3.05) is 6.54 Å². The van der Waals surface area contributed by atoms with Crippen molar-refractivity contribution in [3.8, 4) is 0 Å². The number of rotatable bonds is 6. The molecule has 2 amide bonds. The highest BCUT2D eigenvalue weighted by Crippen LogP contribution is 2.50. The Balaban J connectivity index is 1.51. The molecule has 15 heteroatoms. The van der Waals surface area contributed by atoms with Gasteiger partial charge in [0, 0.05) is 29.0 Å². The monoisotopic (exact) mass is 583 g/mol. The van der Waals surface area contributed by atoms with Crippen molar-refractivity contribution in [2.45, 2.75) is 49.7 Å². The van der Waals surface area contributed by atoms with E-state index in [0.717, 1.165) is 6.07 Å². The van der Waals surface area contributed by atoms with Crippen LogP contribution in [0.25, 0.3) is 0 Å². The molecule has 1 heterocycles. The summed E-state index contributed by atoms with van der Waals surface area (Å²) in [4.78, 5) is 29.0. The number of oxime groups is 1. The summed E-state index contributed by atoms with van der Waals surface area (Å²) in [5.74, 6) is -4.55. The highest BCUT2D eigenvalue weighted by molar-refractivity contribution is 6.30. The fourth-order valence-electron chi connectivity index (χ4n) is 4.01. The van der Waals surface area contributed by atoms with Crippen LogP contribution >= 0.6 is 11.6 Å². The minimum Gasteiger partial charge on any atom is -0.374 e. The first-order valence-corrected chi connectivity index (χ1v) is 11.6. The third-order valence-electron chi connectivity index (χ3n) is 6.25. The molecule has 2 atom stereocenters. The predicted octanol–water partition coefficient (Wildman–Crippen LogP) is 5.50. The Morgan fingerprint density at radius 3 is 2.33 bits per heavy atom. The normalized spacial score (nSPS) is 22.1. The fourth-order valence-corrected chi connectivity index (χ4v) is 4.25. The van der Waals surface area contributed by atoms with E-state index >= 15 is 0 Å². The van der Waals surface area contributed by atoms with Crippen LogP contribution in [0, 0.1) is 6.92 Å². The van der Waals surface area contributed by atoms with Crippen LogP contribution in [0.5, 0.6) is 0 Å². The SMILES string of the molecule is Cc1cc(C2=NOC(c3cc(Cl)cc(C(F)(F)F)c3)(C(F)(F)F)C2)ccc1C(=O)NCC(=O)NC1CC1(F)F. The summed E-state index contributed by atoms with van der Waals surface area (Å²) < 4.78 is 108. The molecule has 2 aliphatic rings. The Labute approximate surface area is 220 Å². The van der Waals surface area contributed by atoms with Crippen molar-refractivity contribution in [3.05, 3.63) is 69.2 Å². The second-order valence-electron chi connectivity index (χ2n) is 9.15. The molecule has 0 aromatic heterocycles. The standard InChI is InChI=1S/C24H18ClF8N3O3/c1-11-4-12(2-3-16(11)20(38)34-10-19(37)35-18-9-22(18,26)27)17-8-21(39-36-17,24(31,32)33)13-5-14(23(28,29)30)7-15(25)6-13/h2-7,18H,8-10H2,1H3,(H,34,38)(H,35,37). The predicted molar refractivity (Wildman–Crippen MR) is 121 cm³/mol. The molecule has 2 unspecified atom stereocenters. The smallest absolute Gasteiger partial charge is 0.374 e. The number of alkyl halides is 8. The van der Waals surface area contributed by atoms with Gasteiger partial charge in [0.05, 0.1) is 23.9 Å². The molecule has 2 aromatic carbocycles. The largest absolute Gasteiger partial charge is 0.435 e. The van der Waals surface area contributed by atoms with E-state index in [2.05, 4.69) is 15.8 Å². The Kier molecular flexibility index (Phi) is 7.07. The van der Waals surface area contributed by atoms with E-state index in [0.29, 0.717) is 12.1 Å². The van der Waals surface area contributed by atoms with E-state index in [-0.39, 0.29) is 22.4 Å². The van der Waals surface area contributed by atoms with Crippen molar-refractivity contribution in [3.63, 3.8) is 0 Å². The molecule has 0 spiro atoms. The number of amides is 2. The Morgan fingerprint density at radius 1 is 1.10 bits per heavy atom. The molecule has 210 valence electrons. The summed E-state index contributed by atoms with van der Waals surface area (Å²) in [6.45, 7) is 0.865. The number of halogens is 9. The second kappa shape index (κ2) is 9.65. The van der Waals surface area contributed by atoms with E-state index in [9.17, 15) is 44.7 Å². The van der Waals surface area contributed by atoms with Crippen molar-refractivity contribution in [1.29, 1.82) is 0 Å². The molecule has 0 saturated heterocycles. The number of carbonyl (C=O) groups excluding carboxylic acids is 2. The number of hydrogen-bond donors (Lipinski definition) is 2. The average Bonchev–Trinajstić information content (AvgIpc) is 3.20. The number of aryl methyl sites for hydroxylation is 1. The van der Waals surface area contributed by atoms with Crippen LogP contribution < -0.4 is 10.6 Å². The highest BCUT2D eigenvalue weighted by atomic mass is 35.5. The maximum absolute atomic E-state index is 14.2. The quantitative estimate of drug-likeness (QED) is 0.441. The van der Waals surface area contributed by atoms with Gasteiger partial charge in [-0.15, -0.1) is 0 Å². The minimum atomic E-state index is -5.19. The fraction of sp³-hybridized carbons (Fsp3) is 0.375. The Morgan fingerprint density at radius 2 is 1.77 bits per heavy atom. The van der Waals surface area contributed by atoms with Crippen LogP contribution in [-0.4, -0.2) is 42.2 Å². The molecule has 1 aliphatic heterocycles. The first-order chi connectivity index (χ1) is 17.9. The Hall–Kier alpha value is -3.42. The van der Waals surface area contributed by atoms with Gasteiger partial charge in [0.1, 0.15) is 0 Å². The Bertz CT molecular complexity index is 1360. The van der Waals surface area contributed by atoms with Gasteiger partial charge in [0.2, 0.25) is 5.91 Å². The first kappa shape index (κ1) is 28.6. The molecular weight excluding hydrogens is 566 g/mol. The van der Waals surface area contributed by atoms with Crippen LogP contribution in [0.3, 0.4) is 0 Å². The van der Waals surface area contributed by atoms with Gasteiger partial charge in [0.25, 0.3) is 17.4 Å². The number of carbonyl (C=O) groups is 2. The first-order valence-electron chi connectivity index (χ1n) is 11.2. The van der Waals surface area contributed by atoms with Gasteiger partial charge in [-0.1, -0.05) is 22.8 Å². The van der Waals surface area contributed by atoms with Crippen molar-refractivity contribution in [1.82, 2.24) is 10.6 Å². The lowest BCUT2D eigenvalue weighted by molar-refractivity contribution is -0.276. The van der Waals surface area contributed by atoms with E-state index in [1.165, 1.54) is 25.1 Å². The zero-order chi connectivity index (χ0) is 29.0.